The Hall–Kier alpha value is -1.52. The molecule has 0 spiro atoms. The highest BCUT2D eigenvalue weighted by Crippen LogP contribution is 2.25. The molecule has 2 aromatic rings. The number of rotatable bonds is 5. The van der Waals surface area contributed by atoms with Gasteiger partial charge in [-0.15, -0.1) is 0 Å². The number of hydrogen-bond donors (Lipinski definition) is 1. The minimum Gasteiger partial charge on any atom is -0.497 e. The molecule has 2 rings (SSSR count). The molecular formula is C13H15NO2S. The first kappa shape index (κ1) is 12.0. The predicted molar refractivity (Wildman–Crippen MR) is 69.5 cm³/mol. The first-order valence-corrected chi connectivity index (χ1v) is 6.28. The Morgan fingerprint density at radius 2 is 2.18 bits per heavy atom. The third kappa shape index (κ3) is 2.99. The zero-order chi connectivity index (χ0) is 12.1. The van der Waals surface area contributed by atoms with Crippen LogP contribution in [0.1, 0.15) is 11.1 Å². The summed E-state index contributed by atoms with van der Waals surface area (Å²) < 4.78 is 10.9. The van der Waals surface area contributed by atoms with Crippen molar-refractivity contribution < 1.29 is 9.47 Å². The number of hydrogen-bond acceptors (Lipinski definition) is 4. The quantitative estimate of drug-likeness (QED) is 0.886. The SMILES string of the molecule is COc1ccc(CN)c(OCc2ccsc2)c1. The predicted octanol–water partition coefficient (Wildman–Crippen LogP) is 2.79. The summed E-state index contributed by atoms with van der Waals surface area (Å²) in [5.41, 5.74) is 7.83. The van der Waals surface area contributed by atoms with Gasteiger partial charge in [0.25, 0.3) is 0 Å². The van der Waals surface area contributed by atoms with Crippen LogP contribution in [0, 0.1) is 0 Å². The Bertz CT molecular complexity index is 468. The molecule has 0 unspecified atom stereocenters. The van der Waals surface area contributed by atoms with E-state index in [1.807, 2.05) is 29.6 Å². The molecule has 0 amide bonds. The summed E-state index contributed by atoms with van der Waals surface area (Å²) in [6, 6.07) is 7.74. The van der Waals surface area contributed by atoms with Crippen LogP contribution in [0.25, 0.3) is 0 Å². The van der Waals surface area contributed by atoms with Crippen molar-refractivity contribution in [1.29, 1.82) is 0 Å². The molecule has 1 aromatic heterocycles. The third-order valence-electron chi connectivity index (χ3n) is 2.47. The van der Waals surface area contributed by atoms with E-state index in [9.17, 15) is 0 Å². The van der Waals surface area contributed by atoms with Gasteiger partial charge in [0.2, 0.25) is 0 Å². The van der Waals surface area contributed by atoms with E-state index >= 15 is 0 Å². The van der Waals surface area contributed by atoms with Crippen molar-refractivity contribution >= 4 is 11.3 Å². The van der Waals surface area contributed by atoms with Gasteiger partial charge in [-0.2, -0.15) is 11.3 Å². The van der Waals surface area contributed by atoms with Crippen molar-refractivity contribution in [3.8, 4) is 11.5 Å². The van der Waals surface area contributed by atoms with Crippen LogP contribution < -0.4 is 15.2 Å². The first-order chi connectivity index (χ1) is 8.33. The molecule has 90 valence electrons. The molecule has 1 aromatic carbocycles. The maximum Gasteiger partial charge on any atom is 0.127 e. The van der Waals surface area contributed by atoms with Crippen LogP contribution in [0.2, 0.25) is 0 Å². The summed E-state index contributed by atoms with van der Waals surface area (Å²) in [5.74, 6) is 1.57. The first-order valence-electron chi connectivity index (χ1n) is 5.34. The zero-order valence-electron chi connectivity index (χ0n) is 9.68. The molecule has 0 atom stereocenters. The molecule has 0 fully saturated rings. The second-order valence-corrected chi connectivity index (χ2v) is 4.38. The number of methoxy groups -OCH3 is 1. The topological polar surface area (TPSA) is 44.5 Å². The molecule has 1 heterocycles. The van der Waals surface area contributed by atoms with Gasteiger partial charge in [-0.25, -0.2) is 0 Å². The van der Waals surface area contributed by atoms with E-state index in [4.69, 9.17) is 15.2 Å². The maximum atomic E-state index is 5.76. The molecule has 0 saturated carbocycles. The molecule has 0 aliphatic rings. The molecule has 4 heteroatoms. The fourth-order valence-electron chi connectivity index (χ4n) is 1.50. The van der Waals surface area contributed by atoms with E-state index in [0.717, 1.165) is 17.1 Å². The van der Waals surface area contributed by atoms with E-state index in [0.29, 0.717) is 13.2 Å². The van der Waals surface area contributed by atoms with Gasteiger partial charge in [-0.05, 0) is 28.5 Å². The summed E-state index contributed by atoms with van der Waals surface area (Å²) >= 11 is 1.66. The molecule has 0 radical (unpaired) electrons. The van der Waals surface area contributed by atoms with Crippen LogP contribution in [-0.2, 0) is 13.2 Å². The van der Waals surface area contributed by atoms with Crippen LogP contribution in [0.5, 0.6) is 11.5 Å². The highest BCUT2D eigenvalue weighted by Gasteiger charge is 2.05. The average Bonchev–Trinajstić information content (AvgIpc) is 2.89. The van der Waals surface area contributed by atoms with E-state index in [1.54, 1.807) is 18.4 Å². The molecule has 2 N–H and O–H groups in total. The zero-order valence-corrected chi connectivity index (χ0v) is 10.5. The van der Waals surface area contributed by atoms with Crippen molar-refractivity contribution in [2.75, 3.05) is 7.11 Å². The summed E-state index contributed by atoms with van der Waals surface area (Å²) in [6.07, 6.45) is 0. The Balaban J connectivity index is 2.12. The van der Waals surface area contributed by atoms with Gasteiger partial charge >= 0.3 is 0 Å². The molecular weight excluding hydrogens is 234 g/mol. The number of benzene rings is 1. The fraction of sp³-hybridized carbons (Fsp3) is 0.231. The Morgan fingerprint density at radius 3 is 2.82 bits per heavy atom. The van der Waals surface area contributed by atoms with Crippen molar-refractivity contribution in [3.63, 3.8) is 0 Å². The van der Waals surface area contributed by atoms with Crippen molar-refractivity contribution in [3.05, 3.63) is 46.2 Å². The van der Waals surface area contributed by atoms with Crippen LogP contribution in [0.4, 0.5) is 0 Å². The van der Waals surface area contributed by atoms with Gasteiger partial charge in [-0.3, -0.25) is 0 Å². The minimum atomic E-state index is 0.461. The summed E-state index contributed by atoms with van der Waals surface area (Å²) in [5, 5.41) is 4.11. The van der Waals surface area contributed by atoms with Gasteiger partial charge in [0.05, 0.1) is 7.11 Å². The number of thiophene rings is 1. The smallest absolute Gasteiger partial charge is 0.127 e. The van der Waals surface area contributed by atoms with Crippen molar-refractivity contribution in [2.45, 2.75) is 13.2 Å². The molecule has 0 saturated heterocycles. The Kier molecular flexibility index (Phi) is 4.01. The van der Waals surface area contributed by atoms with Gasteiger partial charge in [0.15, 0.2) is 0 Å². The highest BCUT2D eigenvalue weighted by atomic mass is 32.1. The fourth-order valence-corrected chi connectivity index (χ4v) is 2.15. The normalized spacial score (nSPS) is 10.2. The molecule has 17 heavy (non-hydrogen) atoms. The van der Waals surface area contributed by atoms with Crippen LogP contribution in [0.15, 0.2) is 35.0 Å². The lowest BCUT2D eigenvalue weighted by atomic mass is 10.2. The lowest BCUT2D eigenvalue weighted by molar-refractivity contribution is 0.301. The minimum absolute atomic E-state index is 0.461. The Labute approximate surface area is 105 Å². The second-order valence-electron chi connectivity index (χ2n) is 3.60. The third-order valence-corrected chi connectivity index (χ3v) is 3.20. The second kappa shape index (κ2) is 5.70. The van der Waals surface area contributed by atoms with E-state index in [1.165, 1.54) is 5.56 Å². The largest absolute Gasteiger partial charge is 0.497 e. The van der Waals surface area contributed by atoms with E-state index < -0.39 is 0 Å². The van der Waals surface area contributed by atoms with Crippen LogP contribution in [0.3, 0.4) is 0 Å². The summed E-state index contributed by atoms with van der Waals surface area (Å²) in [6.45, 7) is 1.02. The van der Waals surface area contributed by atoms with Crippen molar-refractivity contribution in [2.24, 2.45) is 5.73 Å². The summed E-state index contributed by atoms with van der Waals surface area (Å²) in [7, 11) is 1.64. The molecule has 0 aliphatic carbocycles. The van der Waals surface area contributed by atoms with Crippen molar-refractivity contribution in [1.82, 2.24) is 0 Å². The summed E-state index contributed by atoms with van der Waals surface area (Å²) in [4.78, 5) is 0. The molecule has 0 bridgehead atoms. The van der Waals surface area contributed by atoms with Gasteiger partial charge in [0, 0.05) is 18.2 Å². The Morgan fingerprint density at radius 1 is 1.29 bits per heavy atom. The number of nitrogens with two attached hydrogens (primary N) is 1. The van der Waals surface area contributed by atoms with E-state index in [2.05, 4.69) is 5.38 Å². The number of ether oxygens (including phenoxy) is 2. The molecule has 0 aliphatic heterocycles. The van der Waals surface area contributed by atoms with Gasteiger partial charge in [-0.1, -0.05) is 6.07 Å². The van der Waals surface area contributed by atoms with Gasteiger partial charge in [0.1, 0.15) is 18.1 Å². The van der Waals surface area contributed by atoms with Crippen LogP contribution in [-0.4, -0.2) is 7.11 Å². The monoisotopic (exact) mass is 249 g/mol. The standard InChI is InChI=1S/C13H15NO2S/c1-15-12-3-2-11(7-14)13(6-12)16-8-10-4-5-17-9-10/h2-6,9H,7-8,14H2,1H3. The molecule has 3 nitrogen and oxygen atoms in total. The lowest BCUT2D eigenvalue weighted by Crippen LogP contribution is -2.02. The maximum absolute atomic E-state index is 5.76. The van der Waals surface area contributed by atoms with Crippen LogP contribution >= 0.6 is 11.3 Å². The highest BCUT2D eigenvalue weighted by molar-refractivity contribution is 7.07. The lowest BCUT2D eigenvalue weighted by Gasteiger charge is -2.11. The van der Waals surface area contributed by atoms with E-state index in [-0.39, 0.29) is 0 Å². The average molecular weight is 249 g/mol. The van der Waals surface area contributed by atoms with Gasteiger partial charge < -0.3 is 15.2 Å².